The first-order valence-corrected chi connectivity index (χ1v) is 6.90. The van der Waals surface area contributed by atoms with E-state index in [-0.39, 0.29) is 21.4 Å². The minimum absolute atomic E-state index is 0.0137. The summed E-state index contributed by atoms with van der Waals surface area (Å²) >= 11 is 5.60. The Bertz CT molecular complexity index is 722. The molecule has 0 unspecified atom stereocenters. The van der Waals surface area contributed by atoms with Crippen LogP contribution in [-0.4, -0.2) is 13.4 Å². The van der Waals surface area contributed by atoms with E-state index in [0.717, 1.165) is 12.3 Å². The number of ether oxygens (including phenoxy) is 1. The van der Waals surface area contributed by atoms with Gasteiger partial charge in [-0.3, -0.25) is 4.98 Å². The van der Waals surface area contributed by atoms with E-state index < -0.39 is 15.8 Å². The van der Waals surface area contributed by atoms with Gasteiger partial charge in [0.25, 0.3) is 0 Å². The number of benzene rings is 1. The van der Waals surface area contributed by atoms with Crippen molar-refractivity contribution in [3.8, 4) is 11.5 Å². The van der Waals surface area contributed by atoms with E-state index in [1.54, 1.807) is 0 Å². The van der Waals surface area contributed by atoms with Crippen molar-refractivity contribution >= 4 is 21.6 Å². The fraction of sp³-hybridized carbons (Fsp3) is 0. The second-order valence-electron chi connectivity index (χ2n) is 3.55. The number of hydrogen-bond donors (Lipinski definition) is 1. The Balaban J connectivity index is 2.41. The van der Waals surface area contributed by atoms with Crippen LogP contribution in [0.1, 0.15) is 0 Å². The predicted molar refractivity (Wildman–Crippen MR) is 67.1 cm³/mol. The molecule has 0 aliphatic heterocycles. The van der Waals surface area contributed by atoms with Crippen LogP contribution in [-0.2, 0) is 10.0 Å². The highest BCUT2D eigenvalue weighted by Crippen LogP contribution is 2.29. The number of primary sulfonamides is 1. The minimum atomic E-state index is -3.97. The van der Waals surface area contributed by atoms with Gasteiger partial charge in [0.1, 0.15) is 16.5 Å². The summed E-state index contributed by atoms with van der Waals surface area (Å²) in [4.78, 5) is 3.39. The molecule has 0 aliphatic rings. The van der Waals surface area contributed by atoms with Crippen LogP contribution in [0.15, 0.2) is 41.6 Å². The lowest BCUT2D eigenvalue weighted by Crippen LogP contribution is -2.13. The zero-order valence-corrected chi connectivity index (χ0v) is 11.0. The first-order valence-electron chi connectivity index (χ1n) is 4.97. The molecule has 0 radical (unpaired) electrons. The van der Waals surface area contributed by atoms with Crippen molar-refractivity contribution in [3.63, 3.8) is 0 Å². The molecular weight excluding hydrogens is 295 g/mol. The molecule has 1 heterocycles. The molecule has 2 rings (SSSR count). The summed E-state index contributed by atoms with van der Waals surface area (Å²) in [7, 11) is -3.97. The van der Waals surface area contributed by atoms with Crippen LogP contribution >= 0.6 is 11.6 Å². The molecule has 2 aromatic rings. The van der Waals surface area contributed by atoms with Gasteiger partial charge in [0, 0.05) is 18.3 Å². The van der Waals surface area contributed by atoms with Crippen molar-refractivity contribution in [2.75, 3.05) is 0 Å². The maximum Gasteiger partial charge on any atom is 0.243 e. The Kier molecular flexibility index (Phi) is 3.70. The molecule has 0 saturated heterocycles. The molecule has 100 valence electrons. The van der Waals surface area contributed by atoms with Crippen LogP contribution in [0.5, 0.6) is 11.5 Å². The van der Waals surface area contributed by atoms with Crippen LogP contribution in [0, 0.1) is 5.82 Å². The van der Waals surface area contributed by atoms with Crippen molar-refractivity contribution in [3.05, 3.63) is 47.5 Å². The van der Waals surface area contributed by atoms with Gasteiger partial charge in [0.05, 0.1) is 11.2 Å². The lowest BCUT2D eigenvalue weighted by atomic mass is 10.3. The number of sulfonamides is 1. The van der Waals surface area contributed by atoms with E-state index >= 15 is 0 Å². The number of nitrogens with zero attached hydrogens (tertiary/aromatic N) is 1. The van der Waals surface area contributed by atoms with Crippen LogP contribution in [0.25, 0.3) is 0 Å². The van der Waals surface area contributed by atoms with E-state index in [4.69, 9.17) is 21.5 Å². The molecule has 5 nitrogen and oxygen atoms in total. The highest BCUT2D eigenvalue weighted by atomic mass is 35.5. The smallest absolute Gasteiger partial charge is 0.243 e. The Labute approximate surface area is 113 Å². The topological polar surface area (TPSA) is 82.3 Å². The Morgan fingerprint density at radius 1 is 1.32 bits per heavy atom. The predicted octanol–water partition coefficient (Wildman–Crippen LogP) is 2.31. The highest BCUT2D eigenvalue weighted by Gasteiger charge is 2.16. The number of halogens is 2. The van der Waals surface area contributed by atoms with Gasteiger partial charge < -0.3 is 4.74 Å². The van der Waals surface area contributed by atoms with Gasteiger partial charge in [-0.2, -0.15) is 0 Å². The molecular formula is C11H8ClFN2O3S. The van der Waals surface area contributed by atoms with Crippen molar-refractivity contribution < 1.29 is 17.5 Å². The molecule has 0 aliphatic carbocycles. The Morgan fingerprint density at radius 2 is 2.05 bits per heavy atom. The quantitative estimate of drug-likeness (QED) is 0.943. The van der Waals surface area contributed by atoms with Gasteiger partial charge in [-0.25, -0.2) is 17.9 Å². The lowest BCUT2D eigenvalue weighted by molar-refractivity contribution is 0.464. The van der Waals surface area contributed by atoms with Crippen LogP contribution in [0.4, 0.5) is 4.39 Å². The zero-order chi connectivity index (χ0) is 14.0. The van der Waals surface area contributed by atoms with Crippen LogP contribution in [0.2, 0.25) is 5.02 Å². The van der Waals surface area contributed by atoms with Crippen LogP contribution in [0.3, 0.4) is 0 Å². The van der Waals surface area contributed by atoms with Gasteiger partial charge in [-0.1, -0.05) is 11.6 Å². The Morgan fingerprint density at radius 3 is 2.68 bits per heavy atom. The summed E-state index contributed by atoms with van der Waals surface area (Å²) < 4.78 is 41.0. The second-order valence-corrected chi connectivity index (χ2v) is 5.48. The number of aromatic nitrogens is 1. The highest BCUT2D eigenvalue weighted by molar-refractivity contribution is 7.89. The number of pyridine rings is 1. The van der Waals surface area contributed by atoms with Crippen molar-refractivity contribution in [2.45, 2.75) is 4.90 Å². The molecule has 0 fully saturated rings. The second kappa shape index (κ2) is 5.12. The van der Waals surface area contributed by atoms with Gasteiger partial charge in [0.2, 0.25) is 10.0 Å². The maximum atomic E-state index is 13.0. The van der Waals surface area contributed by atoms with Crippen molar-refractivity contribution in [2.24, 2.45) is 5.14 Å². The molecule has 0 amide bonds. The summed E-state index contributed by atoms with van der Waals surface area (Å²) in [6.45, 7) is 0. The summed E-state index contributed by atoms with van der Waals surface area (Å²) in [6, 6.07) is 4.98. The number of nitrogens with two attached hydrogens (primary N) is 1. The van der Waals surface area contributed by atoms with E-state index in [1.807, 2.05) is 0 Å². The van der Waals surface area contributed by atoms with E-state index in [0.29, 0.717) is 0 Å². The third-order valence-electron chi connectivity index (χ3n) is 2.17. The third kappa shape index (κ3) is 3.19. The fourth-order valence-corrected chi connectivity index (χ4v) is 2.10. The molecule has 19 heavy (non-hydrogen) atoms. The first kappa shape index (κ1) is 13.7. The third-order valence-corrected chi connectivity index (χ3v) is 3.38. The number of rotatable bonds is 3. The Hall–Kier alpha value is -1.70. The van der Waals surface area contributed by atoms with E-state index in [1.165, 1.54) is 24.4 Å². The fourth-order valence-electron chi connectivity index (χ4n) is 1.33. The average Bonchev–Trinajstić information content (AvgIpc) is 2.33. The molecule has 1 aromatic carbocycles. The maximum absolute atomic E-state index is 13.0. The van der Waals surface area contributed by atoms with Gasteiger partial charge in [0.15, 0.2) is 5.75 Å². The standard InChI is InChI=1S/C11H8ClFN2O3S/c12-8-5-7(1-2-9(8)13)18-10-3-4-15-6-11(10)19(14,16)17/h1-6H,(H2,14,16,17). The monoisotopic (exact) mass is 302 g/mol. The zero-order valence-electron chi connectivity index (χ0n) is 9.38. The van der Waals surface area contributed by atoms with Crippen molar-refractivity contribution in [1.82, 2.24) is 4.98 Å². The molecule has 2 N–H and O–H groups in total. The molecule has 0 atom stereocenters. The van der Waals surface area contributed by atoms with Gasteiger partial charge >= 0.3 is 0 Å². The van der Waals surface area contributed by atoms with Crippen molar-refractivity contribution in [1.29, 1.82) is 0 Å². The van der Waals surface area contributed by atoms with E-state index in [2.05, 4.69) is 4.98 Å². The van der Waals surface area contributed by atoms with Gasteiger partial charge in [-0.15, -0.1) is 0 Å². The van der Waals surface area contributed by atoms with Crippen LogP contribution < -0.4 is 9.88 Å². The summed E-state index contributed by atoms with van der Waals surface area (Å²) in [5.74, 6) is -0.432. The summed E-state index contributed by atoms with van der Waals surface area (Å²) in [5, 5.41) is 4.90. The summed E-state index contributed by atoms with van der Waals surface area (Å²) in [5.41, 5.74) is 0. The molecule has 0 saturated carbocycles. The normalized spacial score (nSPS) is 11.3. The average molecular weight is 303 g/mol. The minimum Gasteiger partial charge on any atom is -0.456 e. The molecule has 0 spiro atoms. The molecule has 1 aromatic heterocycles. The van der Waals surface area contributed by atoms with Gasteiger partial charge in [-0.05, 0) is 12.1 Å². The number of hydrogen-bond acceptors (Lipinski definition) is 4. The largest absolute Gasteiger partial charge is 0.456 e. The molecule has 8 heteroatoms. The lowest BCUT2D eigenvalue weighted by Gasteiger charge is -2.09. The first-order chi connectivity index (χ1) is 8.88. The SMILES string of the molecule is NS(=O)(=O)c1cnccc1Oc1ccc(F)c(Cl)c1. The molecule has 0 bridgehead atoms. The van der Waals surface area contributed by atoms with E-state index in [9.17, 15) is 12.8 Å². The summed E-state index contributed by atoms with van der Waals surface area (Å²) in [6.07, 6.45) is 2.41.